The Morgan fingerprint density at radius 2 is 2.36 bits per heavy atom. The van der Waals surface area contributed by atoms with Gasteiger partial charge in [-0.05, 0) is 18.3 Å². The van der Waals surface area contributed by atoms with E-state index in [0.29, 0.717) is 12.3 Å². The molecule has 14 heavy (non-hydrogen) atoms. The van der Waals surface area contributed by atoms with Crippen molar-refractivity contribution in [1.82, 2.24) is 5.32 Å². The number of hydrogen-bond acceptors (Lipinski definition) is 4. The Morgan fingerprint density at radius 1 is 1.64 bits per heavy atom. The first-order valence-electron chi connectivity index (χ1n) is 4.88. The van der Waals surface area contributed by atoms with Gasteiger partial charge in [0.05, 0.1) is 6.61 Å². The molecule has 0 unspecified atom stereocenters. The first-order valence-corrected chi connectivity index (χ1v) is 4.88. The summed E-state index contributed by atoms with van der Waals surface area (Å²) >= 11 is 0. The van der Waals surface area contributed by atoms with Crippen LogP contribution in [0.2, 0.25) is 0 Å². The minimum absolute atomic E-state index is 0.240. The van der Waals surface area contributed by atoms with Crippen LogP contribution in [-0.2, 0) is 4.74 Å². The average Bonchev–Trinajstić information content (AvgIpc) is 2.93. The molecule has 0 aliphatic heterocycles. The molecule has 82 valence electrons. The fourth-order valence-electron chi connectivity index (χ4n) is 1.54. The number of nitrogens with two attached hydrogens (primary N) is 1. The van der Waals surface area contributed by atoms with Crippen LogP contribution in [-0.4, -0.2) is 37.8 Å². The minimum Gasteiger partial charge on any atom is -0.409 e. The molecule has 1 fully saturated rings. The lowest BCUT2D eigenvalue weighted by Gasteiger charge is -2.14. The van der Waals surface area contributed by atoms with Gasteiger partial charge in [-0.1, -0.05) is 5.16 Å². The maximum atomic E-state index is 8.46. The Labute approximate surface area is 84.3 Å². The number of nitrogens with one attached hydrogen (secondary N) is 1. The molecule has 0 spiro atoms. The highest BCUT2D eigenvalue weighted by molar-refractivity contribution is 5.80. The van der Waals surface area contributed by atoms with Gasteiger partial charge in [-0.25, -0.2) is 0 Å². The minimum atomic E-state index is 0.240. The van der Waals surface area contributed by atoms with E-state index in [9.17, 15) is 0 Å². The molecule has 0 amide bonds. The van der Waals surface area contributed by atoms with E-state index in [1.54, 1.807) is 7.11 Å². The van der Waals surface area contributed by atoms with Gasteiger partial charge >= 0.3 is 0 Å². The SMILES string of the molecule is COCCNCC1(CC(N)=NO)CC1. The summed E-state index contributed by atoms with van der Waals surface area (Å²) in [6.07, 6.45) is 3.00. The molecule has 0 aromatic rings. The first-order chi connectivity index (χ1) is 6.72. The molecule has 4 N–H and O–H groups in total. The molecule has 1 saturated carbocycles. The van der Waals surface area contributed by atoms with Gasteiger partial charge in [0.25, 0.3) is 0 Å². The molecule has 0 bridgehead atoms. The second-order valence-corrected chi connectivity index (χ2v) is 3.94. The van der Waals surface area contributed by atoms with Crippen molar-refractivity contribution in [3.63, 3.8) is 0 Å². The van der Waals surface area contributed by atoms with E-state index >= 15 is 0 Å². The van der Waals surface area contributed by atoms with Crippen LogP contribution in [0.15, 0.2) is 5.16 Å². The molecular weight excluding hydrogens is 182 g/mol. The molecule has 0 radical (unpaired) electrons. The zero-order valence-electron chi connectivity index (χ0n) is 8.62. The number of nitrogens with zero attached hydrogens (tertiary/aromatic N) is 1. The number of oxime groups is 1. The molecule has 0 saturated heterocycles. The summed E-state index contributed by atoms with van der Waals surface area (Å²) in [5, 5.41) is 14.8. The topological polar surface area (TPSA) is 79.9 Å². The van der Waals surface area contributed by atoms with E-state index in [1.807, 2.05) is 0 Å². The zero-order valence-corrected chi connectivity index (χ0v) is 8.62. The van der Waals surface area contributed by atoms with Crippen molar-refractivity contribution in [2.45, 2.75) is 19.3 Å². The summed E-state index contributed by atoms with van der Waals surface area (Å²) in [7, 11) is 1.69. The van der Waals surface area contributed by atoms with Gasteiger partial charge in [-0.3, -0.25) is 0 Å². The normalized spacial score (nSPS) is 19.6. The molecule has 1 aliphatic rings. The summed E-state index contributed by atoms with van der Waals surface area (Å²) in [5.74, 6) is 0.330. The van der Waals surface area contributed by atoms with Crippen LogP contribution >= 0.6 is 0 Å². The van der Waals surface area contributed by atoms with Crippen molar-refractivity contribution in [2.75, 3.05) is 26.8 Å². The molecular formula is C9H19N3O2. The van der Waals surface area contributed by atoms with Gasteiger partial charge in [0.1, 0.15) is 5.84 Å². The first kappa shape index (κ1) is 11.3. The third-order valence-electron chi connectivity index (χ3n) is 2.62. The second-order valence-electron chi connectivity index (χ2n) is 3.94. The van der Waals surface area contributed by atoms with E-state index in [1.165, 1.54) is 0 Å². The van der Waals surface area contributed by atoms with Crippen LogP contribution in [0.3, 0.4) is 0 Å². The van der Waals surface area contributed by atoms with Crippen molar-refractivity contribution in [3.8, 4) is 0 Å². The van der Waals surface area contributed by atoms with Crippen molar-refractivity contribution >= 4 is 5.84 Å². The molecule has 0 aromatic carbocycles. The highest BCUT2D eigenvalue weighted by Gasteiger charge is 2.42. The standard InChI is InChI=1S/C9H19N3O2/c1-14-5-4-11-7-9(2-3-9)6-8(10)12-13/h11,13H,2-7H2,1H3,(H2,10,12). The lowest BCUT2D eigenvalue weighted by atomic mass is 10.0. The third-order valence-corrected chi connectivity index (χ3v) is 2.62. The van der Waals surface area contributed by atoms with Crippen molar-refractivity contribution in [3.05, 3.63) is 0 Å². The predicted molar refractivity (Wildman–Crippen MR) is 54.4 cm³/mol. The Hall–Kier alpha value is -0.810. The molecule has 1 aliphatic carbocycles. The fourth-order valence-corrected chi connectivity index (χ4v) is 1.54. The quantitative estimate of drug-likeness (QED) is 0.180. The number of hydrogen-bond donors (Lipinski definition) is 3. The Kier molecular flexibility index (Phi) is 4.16. The smallest absolute Gasteiger partial charge is 0.139 e. The summed E-state index contributed by atoms with van der Waals surface area (Å²) in [5.41, 5.74) is 5.72. The number of methoxy groups -OCH3 is 1. The summed E-state index contributed by atoms with van der Waals surface area (Å²) in [6.45, 7) is 2.50. The number of ether oxygens (including phenoxy) is 1. The van der Waals surface area contributed by atoms with E-state index in [0.717, 1.165) is 32.5 Å². The van der Waals surface area contributed by atoms with Gasteiger partial charge in [-0.2, -0.15) is 0 Å². The number of amidine groups is 1. The van der Waals surface area contributed by atoms with Crippen LogP contribution in [0, 0.1) is 5.41 Å². The monoisotopic (exact) mass is 201 g/mol. The predicted octanol–water partition coefficient (Wildman–Crippen LogP) is 0.139. The zero-order chi connectivity index (χ0) is 10.4. The molecule has 0 atom stereocenters. The lowest BCUT2D eigenvalue weighted by Crippen LogP contribution is -2.30. The van der Waals surface area contributed by atoms with Gasteiger partial charge in [0.2, 0.25) is 0 Å². The maximum absolute atomic E-state index is 8.46. The van der Waals surface area contributed by atoms with Gasteiger partial charge in [0.15, 0.2) is 0 Å². The molecule has 0 aromatic heterocycles. The van der Waals surface area contributed by atoms with Crippen LogP contribution < -0.4 is 11.1 Å². The molecule has 0 heterocycles. The summed E-state index contributed by atoms with van der Waals surface area (Å²) in [4.78, 5) is 0. The maximum Gasteiger partial charge on any atom is 0.139 e. The largest absolute Gasteiger partial charge is 0.409 e. The van der Waals surface area contributed by atoms with Gasteiger partial charge in [0, 0.05) is 26.6 Å². The van der Waals surface area contributed by atoms with Crippen LogP contribution in [0.5, 0.6) is 0 Å². The molecule has 1 rings (SSSR count). The molecule has 5 heteroatoms. The fraction of sp³-hybridized carbons (Fsp3) is 0.889. The third kappa shape index (κ3) is 3.51. The Morgan fingerprint density at radius 3 is 2.86 bits per heavy atom. The summed E-state index contributed by atoms with van der Waals surface area (Å²) < 4.78 is 4.93. The number of rotatable bonds is 7. The second kappa shape index (κ2) is 5.17. The lowest BCUT2D eigenvalue weighted by molar-refractivity contribution is 0.197. The highest BCUT2D eigenvalue weighted by Crippen LogP contribution is 2.48. The Balaban J connectivity index is 2.16. The van der Waals surface area contributed by atoms with Crippen molar-refractivity contribution in [1.29, 1.82) is 0 Å². The highest BCUT2D eigenvalue weighted by atomic mass is 16.5. The van der Waals surface area contributed by atoms with E-state index in [-0.39, 0.29) is 5.41 Å². The Bertz CT molecular complexity index is 202. The van der Waals surface area contributed by atoms with E-state index < -0.39 is 0 Å². The van der Waals surface area contributed by atoms with Crippen molar-refractivity contribution < 1.29 is 9.94 Å². The molecule has 5 nitrogen and oxygen atoms in total. The average molecular weight is 201 g/mol. The van der Waals surface area contributed by atoms with Crippen LogP contribution in [0.25, 0.3) is 0 Å². The van der Waals surface area contributed by atoms with E-state index in [2.05, 4.69) is 10.5 Å². The van der Waals surface area contributed by atoms with Crippen molar-refractivity contribution in [2.24, 2.45) is 16.3 Å². The van der Waals surface area contributed by atoms with Crippen LogP contribution in [0.4, 0.5) is 0 Å². The van der Waals surface area contributed by atoms with Crippen LogP contribution in [0.1, 0.15) is 19.3 Å². The summed E-state index contributed by atoms with van der Waals surface area (Å²) in [6, 6.07) is 0. The van der Waals surface area contributed by atoms with Gasteiger partial charge < -0.3 is 21.0 Å². The van der Waals surface area contributed by atoms with Gasteiger partial charge in [-0.15, -0.1) is 0 Å². The van der Waals surface area contributed by atoms with E-state index in [4.69, 9.17) is 15.7 Å².